The first-order valence-corrected chi connectivity index (χ1v) is 9.86. The van der Waals surface area contributed by atoms with Crippen molar-refractivity contribution >= 4 is 27.9 Å². The van der Waals surface area contributed by atoms with E-state index in [-0.39, 0.29) is 12.6 Å². The Bertz CT molecular complexity index is 600. The van der Waals surface area contributed by atoms with Gasteiger partial charge in [-0.25, -0.2) is 13.2 Å². The van der Waals surface area contributed by atoms with Gasteiger partial charge >= 0.3 is 12.0 Å². The lowest BCUT2D eigenvalue weighted by atomic mass is 10.2. The van der Waals surface area contributed by atoms with Crippen molar-refractivity contribution in [1.29, 1.82) is 0 Å². The molecular formula is C14H23N3O6S. The summed E-state index contributed by atoms with van der Waals surface area (Å²) in [7, 11) is -3.50. The highest BCUT2D eigenvalue weighted by molar-refractivity contribution is 7.88. The quantitative estimate of drug-likeness (QED) is 0.650. The Morgan fingerprint density at radius 1 is 1.12 bits per heavy atom. The summed E-state index contributed by atoms with van der Waals surface area (Å²) in [5, 5.41) is 4.78. The number of nitrogens with one attached hydrogen (secondary N) is 2. The van der Waals surface area contributed by atoms with Crippen molar-refractivity contribution in [2.45, 2.75) is 50.6 Å². The summed E-state index contributed by atoms with van der Waals surface area (Å²) >= 11 is 0. The number of amides is 3. The van der Waals surface area contributed by atoms with E-state index < -0.39 is 40.6 Å². The Labute approximate surface area is 141 Å². The molecule has 1 heterocycles. The van der Waals surface area contributed by atoms with E-state index in [0.717, 1.165) is 36.2 Å². The molecular weight excluding hydrogens is 338 g/mol. The number of sulfonamides is 1. The zero-order valence-corrected chi connectivity index (χ0v) is 14.4. The third-order valence-electron chi connectivity index (χ3n) is 4.19. The molecule has 2 fully saturated rings. The normalized spacial score (nSPS) is 22.3. The molecule has 10 heteroatoms. The Balaban J connectivity index is 1.74. The number of carbonyl (C=O) groups excluding carboxylic acids is 3. The number of hydrogen-bond donors (Lipinski definition) is 2. The van der Waals surface area contributed by atoms with Crippen LogP contribution in [0, 0.1) is 0 Å². The lowest BCUT2D eigenvalue weighted by molar-refractivity contribution is -0.151. The fourth-order valence-electron chi connectivity index (χ4n) is 3.06. The van der Waals surface area contributed by atoms with Gasteiger partial charge in [-0.15, -0.1) is 0 Å². The van der Waals surface area contributed by atoms with Gasteiger partial charge in [0, 0.05) is 12.6 Å². The minimum absolute atomic E-state index is 0.0714. The smallest absolute Gasteiger partial charge is 0.324 e. The lowest BCUT2D eigenvalue weighted by Gasteiger charge is -2.20. The van der Waals surface area contributed by atoms with Crippen LogP contribution in [0.15, 0.2) is 0 Å². The van der Waals surface area contributed by atoms with Crippen molar-refractivity contribution in [3.8, 4) is 0 Å². The van der Waals surface area contributed by atoms with Crippen LogP contribution >= 0.6 is 0 Å². The minimum Gasteiger partial charge on any atom is -0.454 e. The second kappa shape index (κ2) is 7.93. The fraction of sp³-hybridized carbons (Fsp3) is 0.786. The first kappa shape index (κ1) is 18.7. The van der Waals surface area contributed by atoms with Crippen LogP contribution in [-0.4, -0.2) is 62.1 Å². The summed E-state index contributed by atoms with van der Waals surface area (Å²) in [4.78, 5) is 35.2. The molecule has 3 amide bonds. The molecule has 1 unspecified atom stereocenters. The van der Waals surface area contributed by atoms with E-state index in [1.54, 1.807) is 0 Å². The Morgan fingerprint density at radius 2 is 1.79 bits per heavy atom. The van der Waals surface area contributed by atoms with Gasteiger partial charge in [-0.3, -0.25) is 14.9 Å². The summed E-state index contributed by atoms with van der Waals surface area (Å²) in [5.41, 5.74) is 0. The van der Waals surface area contributed by atoms with Gasteiger partial charge in [-0.05, 0) is 25.7 Å². The maximum absolute atomic E-state index is 12.0. The Morgan fingerprint density at radius 3 is 2.42 bits per heavy atom. The van der Waals surface area contributed by atoms with E-state index in [2.05, 4.69) is 10.6 Å². The molecule has 1 atom stereocenters. The molecule has 9 nitrogen and oxygen atoms in total. The van der Waals surface area contributed by atoms with Gasteiger partial charge in [0.05, 0.1) is 6.26 Å². The summed E-state index contributed by atoms with van der Waals surface area (Å²) in [5.74, 6) is -1.52. The molecule has 0 spiro atoms. The summed E-state index contributed by atoms with van der Waals surface area (Å²) in [6, 6.07) is -1.44. The van der Waals surface area contributed by atoms with Crippen LogP contribution in [0.25, 0.3) is 0 Å². The van der Waals surface area contributed by atoms with E-state index in [1.165, 1.54) is 0 Å². The highest BCUT2D eigenvalue weighted by atomic mass is 32.2. The summed E-state index contributed by atoms with van der Waals surface area (Å²) in [6.07, 6.45) is 5.82. The average molecular weight is 361 g/mol. The molecule has 1 aliphatic carbocycles. The molecule has 1 saturated heterocycles. The van der Waals surface area contributed by atoms with Crippen LogP contribution < -0.4 is 10.6 Å². The number of carbonyl (C=O) groups is 3. The van der Waals surface area contributed by atoms with Gasteiger partial charge in [0.1, 0.15) is 6.04 Å². The van der Waals surface area contributed by atoms with Crippen LogP contribution in [-0.2, 0) is 24.3 Å². The van der Waals surface area contributed by atoms with Gasteiger partial charge in [0.15, 0.2) is 6.61 Å². The topological polar surface area (TPSA) is 122 Å². The molecule has 0 bridgehead atoms. The number of ether oxygens (including phenoxy) is 1. The molecule has 0 radical (unpaired) electrons. The van der Waals surface area contributed by atoms with Crippen molar-refractivity contribution in [2.24, 2.45) is 0 Å². The first-order valence-electron chi connectivity index (χ1n) is 8.01. The summed E-state index contributed by atoms with van der Waals surface area (Å²) < 4.78 is 29.1. The lowest BCUT2D eigenvalue weighted by Crippen LogP contribution is -2.46. The predicted molar refractivity (Wildman–Crippen MR) is 84.5 cm³/mol. The molecule has 0 aromatic heterocycles. The summed E-state index contributed by atoms with van der Waals surface area (Å²) in [6.45, 7) is -0.361. The number of rotatable bonds is 5. The van der Waals surface area contributed by atoms with E-state index in [4.69, 9.17) is 4.74 Å². The van der Waals surface area contributed by atoms with Crippen LogP contribution in [0.1, 0.15) is 38.5 Å². The molecule has 0 aromatic carbocycles. The van der Waals surface area contributed by atoms with Crippen molar-refractivity contribution in [3.63, 3.8) is 0 Å². The number of imide groups is 1. The van der Waals surface area contributed by atoms with E-state index >= 15 is 0 Å². The monoisotopic (exact) mass is 361 g/mol. The van der Waals surface area contributed by atoms with Crippen LogP contribution in [0.4, 0.5) is 4.79 Å². The van der Waals surface area contributed by atoms with E-state index in [1.807, 2.05) is 0 Å². The maximum atomic E-state index is 12.0. The van der Waals surface area contributed by atoms with Crippen LogP contribution in [0.5, 0.6) is 0 Å². The average Bonchev–Trinajstić information content (AvgIpc) is 3.14. The zero-order chi connectivity index (χ0) is 17.7. The van der Waals surface area contributed by atoms with Crippen LogP contribution in [0.3, 0.4) is 0 Å². The Hall–Kier alpha value is -1.68. The molecule has 24 heavy (non-hydrogen) atoms. The fourth-order valence-corrected chi connectivity index (χ4v) is 4.17. The van der Waals surface area contributed by atoms with E-state index in [9.17, 15) is 22.8 Å². The van der Waals surface area contributed by atoms with Crippen molar-refractivity contribution in [1.82, 2.24) is 14.9 Å². The minimum atomic E-state index is -3.50. The number of hydrogen-bond acceptors (Lipinski definition) is 6. The molecule has 1 aliphatic heterocycles. The molecule has 1 saturated carbocycles. The number of nitrogens with zero attached hydrogens (tertiary/aromatic N) is 1. The highest BCUT2D eigenvalue weighted by Gasteiger charge is 2.37. The van der Waals surface area contributed by atoms with Crippen molar-refractivity contribution in [3.05, 3.63) is 0 Å². The number of esters is 1. The number of urea groups is 1. The maximum Gasteiger partial charge on any atom is 0.324 e. The SMILES string of the molecule is CS(=O)(=O)N1CCCC1C(=O)OCC(=O)NC(=O)NC1CCCC1. The molecule has 2 N–H and O–H groups in total. The van der Waals surface area contributed by atoms with Gasteiger partial charge in [0.25, 0.3) is 5.91 Å². The van der Waals surface area contributed by atoms with Crippen LogP contribution in [0.2, 0.25) is 0 Å². The molecule has 2 rings (SSSR count). The van der Waals surface area contributed by atoms with Gasteiger partial charge < -0.3 is 10.1 Å². The highest BCUT2D eigenvalue weighted by Crippen LogP contribution is 2.21. The van der Waals surface area contributed by atoms with Crippen molar-refractivity contribution < 1.29 is 27.5 Å². The largest absolute Gasteiger partial charge is 0.454 e. The predicted octanol–water partition coefficient (Wildman–Crippen LogP) is -0.278. The standard InChI is InChI=1S/C14H23N3O6S/c1-24(21,22)17-8-4-7-11(17)13(19)23-9-12(18)16-14(20)15-10-5-2-3-6-10/h10-11H,2-9H2,1H3,(H2,15,16,18,20). The van der Waals surface area contributed by atoms with Crippen molar-refractivity contribution in [2.75, 3.05) is 19.4 Å². The van der Waals surface area contributed by atoms with Gasteiger partial charge in [-0.2, -0.15) is 4.31 Å². The molecule has 136 valence electrons. The zero-order valence-electron chi connectivity index (χ0n) is 13.6. The first-order chi connectivity index (χ1) is 11.3. The van der Waals surface area contributed by atoms with Gasteiger partial charge in [0.2, 0.25) is 10.0 Å². The molecule has 2 aliphatic rings. The third-order valence-corrected chi connectivity index (χ3v) is 5.48. The second-order valence-corrected chi connectivity index (χ2v) is 8.08. The second-order valence-electron chi connectivity index (χ2n) is 6.14. The Kier molecular flexibility index (Phi) is 6.16. The van der Waals surface area contributed by atoms with E-state index in [0.29, 0.717) is 12.8 Å². The third kappa shape index (κ3) is 5.17. The van der Waals surface area contributed by atoms with Gasteiger partial charge in [-0.1, -0.05) is 12.8 Å². The molecule has 0 aromatic rings.